The minimum atomic E-state index is 0.347. The number of thiophene rings is 1. The van der Waals surface area contributed by atoms with E-state index in [0.29, 0.717) is 5.41 Å². The zero-order chi connectivity index (χ0) is 14.0. The molecule has 2 rings (SSSR count). The van der Waals surface area contributed by atoms with Crippen LogP contribution in [0.15, 0.2) is 29.8 Å². The van der Waals surface area contributed by atoms with Crippen LogP contribution in [0.5, 0.6) is 0 Å². The summed E-state index contributed by atoms with van der Waals surface area (Å²) in [6.45, 7) is 15.9. The fourth-order valence-corrected chi connectivity index (χ4v) is 4.02. The zero-order valence-corrected chi connectivity index (χ0v) is 13.6. The summed E-state index contributed by atoms with van der Waals surface area (Å²) in [4.78, 5) is 4.04. The quantitative estimate of drug-likeness (QED) is 0.721. The molecule has 1 atom stereocenters. The van der Waals surface area contributed by atoms with Gasteiger partial charge in [0.25, 0.3) is 0 Å². The highest BCUT2D eigenvalue weighted by Crippen LogP contribution is 2.39. The van der Waals surface area contributed by atoms with E-state index in [1.807, 2.05) is 11.3 Å². The van der Waals surface area contributed by atoms with Gasteiger partial charge in [-0.2, -0.15) is 0 Å². The van der Waals surface area contributed by atoms with Gasteiger partial charge in [-0.15, -0.1) is 11.3 Å². The summed E-state index contributed by atoms with van der Waals surface area (Å²) < 4.78 is 0. The predicted molar refractivity (Wildman–Crippen MR) is 85.6 cm³/mol. The summed E-state index contributed by atoms with van der Waals surface area (Å²) >= 11 is 1.91. The van der Waals surface area contributed by atoms with Gasteiger partial charge in [0.05, 0.1) is 0 Å². The van der Waals surface area contributed by atoms with Crippen LogP contribution in [-0.4, -0.2) is 18.0 Å². The first-order chi connectivity index (χ1) is 8.90. The van der Waals surface area contributed by atoms with Crippen molar-refractivity contribution >= 4 is 11.3 Å². The Hall–Kier alpha value is -0.760. The van der Waals surface area contributed by atoms with E-state index in [4.69, 9.17) is 0 Å². The predicted octanol–water partition coefficient (Wildman–Crippen LogP) is 5.12. The number of hydrogen-bond acceptors (Lipinski definition) is 2. The molecule has 2 heteroatoms. The molecule has 0 aromatic carbocycles. The molecule has 19 heavy (non-hydrogen) atoms. The molecule has 0 saturated carbocycles. The summed E-state index contributed by atoms with van der Waals surface area (Å²) in [6.07, 6.45) is 2.36. The molecule has 0 bridgehead atoms. The molecule has 1 fully saturated rings. The topological polar surface area (TPSA) is 3.24 Å². The SMILES string of the molecule is C=C(CC(C)(C)C)N1CC(C(CC)c2cccs2)C1. The van der Waals surface area contributed by atoms with Crippen LogP contribution < -0.4 is 0 Å². The van der Waals surface area contributed by atoms with Crippen molar-refractivity contribution in [3.63, 3.8) is 0 Å². The van der Waals surface area contributed by atoms with Crippen LogP contribution in [0.25, 0.3) is 0 Å². The van der Waals surface area contributed by atoms with Gasteiger partial charge in [0.2, 0.25) is 0 Å². The molecule has 1 aromatic rings. The molecule has 1 aliphatic heterocycles. The second-order valence-corrected chi connectivity index (χ2v) is 7.98. The zero-order valence-electron chi connectivity index (χ0n) is 12.8. The van der Waals surface area contributed by atoms with E-state index in [-0.39, 0.29) is 0 Å². The fraction of sp³-hybridized carbons (Fsp3) is 0.647. The average molecular weight is 277 g/mol. The average Bonchev–Trinajstić information content (AvgIpc) is 2.72. The molecule has 1 saturated heterocycles. The van der Waals surface area contributed by atoms with E-state index in [1.54, 1.807) is 4.88 Å². The van der Waals surface area contributed by atoms with Gasteiger partial charge in [-0.05, 0) is 35.6 Å². The number of likely N-dealkylation sites (tertiary alicyclic amines) is 1. The molecule has 2 heterocycles. The number of nitrogens with zero attached hydrogens (tertiary/aromatic N) is 1. The van der Waals surface area contributed by atoms with E-state index >= 15 is 0 Å². The molecule has 0 aliphatic carbocycles. The van der Waals surface area contributed by atoms with Crippen LogP contribution in [0.1, 0.15) is 51.3 Å². The third kappa shape index (κ3) is 3.62. The normalized spacial score (nSPS) is 18.2. The van der Waals surface area contributed by atoms with E-state index in [9.17, 15) is 0 Å². The molecular formula is C17H27NS. The van der Waals surface area contributed by atoms with Gasteiger partial charge in [0.1, 0.15) is 0 Å². The lowest BCUT2D eigenvalue weighted by Gasteiger charge is -2.46. The Balaban J connectivity index is 1.87. The lowest BCUT2D eigenvalue weighted by molar-refractivity contribution is 0.107. The maximum atomic E-state index is 4.27. The highest BCUT2D eigenvalue weighted by Gasteiger charge is 2.34. The minimum absolute atomic E-state index is 0.347. The van der Waals surface area contributed by atoms with Crippen LogP contribution in [0, 0.1) is 11.3 Å². The summed E-state index contributed by atoms with van der Waals surface area (Å²) in [5.41, 5.74) is 1.67. The largest absolute Gasteiger partial charge is 0.375 e. The van der Waals surface area contributed by atoms with Crippen molar-refractivity contribution in [1.29, 1.82) is 0 Å². The summed E-state index contributed by atoms with van der Waals surface area (Å²) in [6, 6.07) is 4.48. The molecule has 106 valence electrons. The molecule has 0 amide bonds. The molecule has 0 spiro atoms. The Kier molecular flexibility index (Phi) is 4.39. The van der Waals surface area contributed by atoms with Gasteiger partial charge in [-0.1, -0.05) is 40.3 Å². The minimum Gasteiger partial charge on any atom is -0.375 e. The van der Waals surface area contributed by atoms with Crippen LogP contribution >= 0.6 is 11.3 Å². The maximum Gasteiger partial charge on any atom is 0.0226 e. The monoisotopic (exact) mass is 277 g/mol. The Morgan fingerprint density at radius 2 is 2.16 bits per heavy atom. The number of hydrogen-bond donors (Lipinski definition) is 0. The third-order valence-electron chi connectivity index (χ3n) is 4.01. The van der Waals surface area contributed by atoms with Crippen LogP contribution in [0.2, 0.25) is 0 Å². The van der Waals surface area contributed by atoms with E-state index in [2.05, 4.69) is 56.7 Å². The lowest BCUT2D eigenvalue weighted by Crippen LogP contribution is -2.48. The van der Waals surface area contributed by atoms with Crippen molar-refractivity contribution < 1.29 is 0 Å². The number of allylic oxidation sites excluding steroid dienone is 1. The number of rotatable bonds is 5. The first kappa shape index (κ1) is 14.6. The second-order valence-electron chi connectivity index (χ2n) is 7.00. The molecule has 1 nitrogen and oxygen atoms in total. The first-order valence-electron chi connectivity index (χ1n) is 7.37. The van der Waals surface area contributed by atoms with Gasteiger partial charge in [-0.3, -0.25) is 0 Å². The second kappa shape index (κ2) is 5.70. The van der Waals surface area contributed by atoms with E-state index in [1.165, 1.54) is 25.2 Å². The third-order valence-corrected chi connectivity index (χ3v) is 5.01. The summed E-state index contributed by atoms with van der Waals surface area (Å²) in [5.74, 6) is 1.57. The van der Waals surface area contributed by atoms with Gasteiger partial charge < -0.3 is 4.90 Å². The maximum absolute atomic E-state index is 4.27. The Labute approximate surface area is 122 Å². The Bertz CT molecular complexity index is 407. The summed E-state index contributed by atoms with van der Waals surface area (Å²) in [7, 11) is 0. The van der Waals surface area contributed by atoms with Crippen molar-refractivity contribution in [1.82, 2.24) is 4.90 Å². The summed E-state index contributed by atoms with van der Waals surface area (Å²) in [5, 5.41) is 2.20. The highest BCUT2D eigenvalue weighted by molar-refractivity contribution is 7.10. The highest BCUT2D eigenvalue weighted by atomic mass is 32.1. The molecule has 1 unspecified atom stereocenters. The van der Waals surface area contributed by atoms with Crippen LogP contribution in [0.4, 0.5) is 0 Å². The van der Waals surface area contributed by atoms with Crippen molar-refractivity contribution in [2.45, 2.75) is 46.5 Å². The van der Waals surface area contributed by atoms with E-state index < -0.39 is 0 Å². The Morgan fingerprint density at radius 1 is 1.47 bits per heavy atom. The smallest absolute Gasteiger partial charge is 0.0226 e. The van der Waals surface area contributed by atoms with Gasteiger partial charge >= 0.3 is 0 Å². The van der Waals surface area contributed by atoms with Gasteiger partial charge in [0, 0.05) is 29.6 Å². The van der Waals surface area contributed by atoms with Gasteiger partial charge in [-0.25, -0.2) is 0 Å². The standard InChI is InChI=1S/C17H27NS/c1-6-15(16-8-7-9-19-16)14-11-18(12-14)13(2)10-17(3,4)5/h7-9,14-15H,2,6,10-12H2,1,3-5H3. The van der Waals surface area contributed by atoms with Gasteiger partial charge in [0.15, 0.2) is 0 Å². The first-order valence-corrected chi connectivity index (χ1v) is 8.25. The fourth-order valence-electron chi connectivity index (χ4n) is 3.02. The van der Waals surface area contributed by atoms with Crippen molar-refractivity contribution in [2.75, 3.05) is 13.1 Å². The van der Waals surface area contributed by atoms with Crippen molar-refractivity contribution in [3.05, 3.63) is 34.7 Å². The molecule has 0 N–H and O–H groups in total. The van der Waals surface area contributed by atoms with Crippen LogP contribution in [0.3, 0.4) is 0 Å². The lowest BCUT2D eigenvalue weighted by atomic mass is 9.81. The van der Waals surface area contributed by atoms with E-state index in [0.717, 1.165) is 18.3 Å². The molecule has 1 aliphatic rings. The molecular weight excluding hydrogens is 250 g/mol. The Morgan fingerprint density at radius 3 is 2.63 bits per heavy atom. The van der Waals surface area contributed by atoms with Crippen molar-refractivity contribution in [2.24, 2.45) is 11.3 Å². The van der Waals surface area contributed by atoms with Crippen molar-refractivity contribution in [3.8, 4) is 0 Å². The van der Waals surface area contributed by atoms with Crippen LogP contribution in [-0.2, 0) is 0 Å². The molecule has 0 radical (unpaired) electrons. The molecule has 1 aromatic heterocycles.